The van der Waals surface area contributed by atoms with Crippen LogP contribution in [-0.4, -0.2) is 38.3 Å². The summed E-state index contributed by atoms with van der Waals surface area (Å²) in [6.07, 6.45) is 1.61. The average molecular weight is 473 g/mol. The van der Waals surface area contributed by atoms with Gasteiger partial charge in [-0.2, -0.15) is 13.1 Å². The molecule has 1 aromatic carbocycles. The standard InChI is InChI=1S/C21H26F2N2O4S2/c1-3-17(16-8-4-5-9-18(16)29-21(22)23)24-20(26)15-7-6-12-25(13-15)31(27,28)19-11-10-14(2)30-19/h4-5,8-11,15,17,21H,3,6-7,12-13H2,1-2H3,(H,24,26). The number of halogens is 2. The molecule has 10 heteroatoms. The van der Waals surface area contributed by atoms with Crippen LogP contribution in [-0.2, 0) is 14.8 Å². The Morgan fingerprint density at radius 1 is 1.29 bits per heavy atom. The summed E-state index contributed by atoms with van der Waals surface area (Å²) in [5.74, 6) is -0.784. The number of para-hydroxylation sites is 1. The Kier molecular flexibility index (Phi) is 7.66. The molecule has 3 rings (SSSR count). The number of piperidine rings is 1. The number of nitrogens with zero attached hydrogens (tertiary/aromatic N) is 1. The van der Waals surface area contributed by atoms with Crippen molar-refractivity contribution in [2.75, 3.05) is 13.1 Å². The second-order valence-electron chi connectivity index (χ2n) is 7.45. The molecule has 1 aliphatic heterocycles. The van der Waals surface area contributed by atoms with Gasteiger partial charge in [0.05, 0.1) is 12.0 Å². The zero-order valence-electron chi connectivity index (χ0n) is 17.4. The lowest BCUT2D eigenvalue weighted by Crippen LogP contribution is -2.45. The first-order chi connectivity index (χ1) is 14.7. The van der Waals surface area contributed by atoms with Crippen molar-refractivity contribution in [3.8, 4) is 5.75 Å². The summed E-state index contributed by atoms with van der Waals surface area (Å²) >= 11 is 1.21. The third kappa shape index (κ3) is 5.61. The van der Waals surface area contributed by atoms with E-state index in [0.29, 0.717) is 31.4 Å². The highest BCUT2D eigenvalue weighted by atomic mass is 32.2. The van der Waals surface area contributed by atoms with Crippen LogP contribution in [0.15, 0.2) is 40.6 Å². The van der Waals surface area contributed by atoms with E-state index in [1.54, 1.807) is 30.3 Å². The van der Waals surface area contributed by atoms with Gasteiger partial charge in [-0.25, -0.2) is 8.42 Å². The van der Waals surface area contributed by atoms with E-state index in [0.717, 1.165) is 4.88 Å². The molecule has 1 aliphatic rings. The molecule has 2 heterocycles. The van der Waals surface area contributed by atoms with E-state index in [9.17, 15) is 22.0 Å². The van der Waals surface area contributed by atoms with Gasteiger partial charge in [0.1, 0.15) is 9.96 Å². The number of carbonyl (C=O) groups excluding carboxylic acids is 1. The van der Waals surface area contributed by atoms with Crippen molar-refractivity contribution < 1.29 is 26.7 Å². The van der Waals surface area contributed by atoms with E-state index in [-0.39, 0.29) is 22.4 Å². The highest BCUT2D eigenvalue weighted by Gasteiger charge is 2.34. The Labute approximate surface area is 185 Å². The summed E-state index contributed by atoms with van der Waals surface area (Å²) in [7, 11) is -3.65. The molecule has 2 atom stereocenters. The van der Waals surface area contributed by atoms with Crippen molar-refractivity contribution in [1.29, 1.82) is 0 Å². The maximum atomic E-state index is 13.0. The highest BCUT2D eigenvalue weighted by Crippen LogP contribution is 2.31. The lowest BCUT2D eigenvalue weighted by atomic mass is 9.97. The number of alkyl halides is 2. The van der Waals surface area contributed by atoms with Crippen molar-refractivity contribution in [2.45, 2.75) is 50.0 Å². The summed E-state index contributed by atoms with van der Waals surface area (Å²) in [6.45, 7) is 1.17. The van der Waals surface area contributed by atoms with Gasteiger partial charge in [0.2, 0.25) is 5.91 Å². The number of amides is 1. The van der Waals surface area contributed by atoms with Gasteiger partial charge < -0.3 is 10.1 Å². The first-order valence-electron chi connectivity index (χ1n) is 10.1. The van der Waals surface area contributed by atoms with Crippen molar-refractivity contribution in [3.05, 3.63) is 46.8 Å². The third-order valence-corrected chi connectivity index (χ3v) is 8.63. The van der Waals surface area contributed by atoms with Crippen molar-refractivity contribution >= 4 is 27.3 Å². The largest absolute Gasteiger partial charge is 0.434 e. The smallest absolute Gasteiger partial charge is 0.387 e. The molecule has 170 valence electrons. The van der Waals surface area contributed by atoms with Gasteiger partial charge in [-0.1, -0.05) is 25.1 Å². The zero-order chi connectivity index (χ0) is 22.6. The fourth-order valence-electron chi connectivity index (χ4n) is 3.71. The van der Waals surface area contributed by atoms with E-state index in [2.05, 4.69) is 10.1 Å². The van der Waals surface area contributed by atoms with Crippen molar-refractivity contribution in [1.82, 2.24) is 9.62 Å². The lowest BCUT2D eigenvalue weighted by molar-refractivity contribution is -0.126. The Bertz CT molecular complexity index is 1010. The van der Waals surface area contributed by atoms with E-state index >= 15 is 0 Å². The quantitative estimate of drug-likeness (QED) is 0.621. The number of aryl methyl sites for hydroxylation is 1. The molecule has 1 N–H and O–H groups in total. The predicted molar refractivity (Wildman–Crippen MR) is 115 cm³/mol. The van der Waals surface area contributed by atoms with Crippen LogP contribution in [0.2, 0.25) is 0 Å². The Morgan fingerprint density at radius 3 is 2.68 bits per heavy atom. The van der Waals surface area contributed by atoms with Gasteiger partial charge in [-0.3, -0.25) is 4.79 Å². The van der Waals surface area contributed by atoms with Crippen LogP contribution in [0.5, 0.6) is 5.75 Å². The number of thiophene rings is 1. The van der Waals surface area contributed by atoms with Crippen LogP contribution in [0.3, 0.4) is 0 Å². The summed E-state index contributed by atoms with van der Waals surface area (Å²) in [6, 6.07) is 9.20. The summed E-state index contributed by atoms with van der Waals surface area (Å²) in [4.78, 5) is 13.9. The normalized spacial score (nSPS) is 18.7. The van der Waals surface area contributed by atoms with E-state index in [1.807, 2.05) is 13.8 Å². The molecular weight excluding hydrogens is 446 g/mol. The molecule has 0 radical (unpaired) electrons. The molecule has 0 bridgehead atoms. The minimum atomic E-state index is -3.65. The lowest BCUT2D eigenvalue weighted by Gasteiger charge is -2.32. The fourth-order valence-corrected chi connectivity index (χ4v) is 6.68. The number of rotatable bonds is 8. The summed E-state index contributed by atoms with van der Waals surface area (Å²) in [5.41, 5.74) is 0.466. The van der Waals surface area contributed by atoms with Crippen LogP contribution < -0.4 is 10.1 Å². The van der Waals surface area contributed by atoms with Gasteiger partial charge in [0.15, 0.2) is 0 Å². The van der Waals surface area contributed by atoms with Gasteiger partial charge in [-0.15, -0.1) is 11.3 Å². The predicted octanol–water partition coefficient (Wildman–Crippen LogP) is 4.33. The van der Waals surface area contributed by atoms with Gasteiger partial charge >= 0.3 is 6.61 Å². The van der Waals surface area contributed by atoms with Crippen molar-refractivity contribution in [2.24, 2.45) is 5.92 Å². The van der Waals surface area contributed by atoms with Gasteiger partial charge in [-0.05, 0) is 44.4 Å². The van der Waals surface area contributed by atoms with Gasteiger partial charge in [0.25, 0.3) is 10.0 Å². The number of ether oxygens (including phenoxy) is 1. The SMILES string of the molecule is CCC(NC(=O)C1CCCN(S(=O)(=O)c2ccc(C)s2)C1)c1ccccc1OC(F)F. The molecule has 1 fully saturated rings. The number of sulfonamides is 1. The molecule has 1 aromatic heterocycles. The van der Waals surface area contributed by atoms with E-state index in [1.165, 1.54) is 21.7 Å². The third-order valence-electron chi connectivity index (χ3n) is 5.30. The molecule has 2 aromatic rings. The second-order valence-corrected chi connectivity index (χ2v) is 10.9. The topological polar surface area (TPSA) is 75.7 Å². The number of nitrogens with one attached hydrogen (secondary N) is 1. The number of carbonyl (C=O) groups is 1. The molecule has 0 spiro atoms. The fraction of sp³-hybridized carbons (Fsp3) is 0.476. The molecule has 1 amide bonds. The molecule has 0 aliphatic carbocycles. The van der Waals surface area contributed by atoms with E-state index in [4.69, 9.17) is 0 Å². The molecular formula is C21H26F2N2O4S2. The number of hydrogen-bond donors (Lipinski definition) is 1. The maximum Gasteiger partial charge on any atom is 0.387 e. The molecule has 1 saturated heterocycles. The monoisotopic (exact) mass is 472 g/mol. The molecule has 6 nitrogen and oxygen atoms in total. The summed E-state index contributed by atoms with van der Waals surface area (Å²) in [5, 5.41) is 2.90. The van der Waals surface area contributed by atoms with Crippen LogP contribution in [0.1, 0.15) is 42.7 Å². The van der Waals surface area contributed by atoms with Crippen LogP contribution >= 0.6 is 11.3 Å². The van der Waals surface area contributed by atoms with Crippen LogP contribution in [0.25, 0.3) is 0 Å². The van der Waals surface area contributed by atoms with Gasteiger partial charge in [0, 0.05) is 23.5 Å². The molecule has 2 unspecified atom stereocenters. The first kappa shape index (κ1) is 23.6. The van der Waals surface area contributed by atoms with Crippen LogP contribution in [0.4, 0.5) is 8.78 Å². The van der Waals surface area contributed by atoms with Crippen molar-refractivity contribution in [3.63, 3.8) is 0 Å². The minimum Gasteiger partial charge on any atom is -0.434 e. The Morgan fingerprint density at radius 2 is 2.03 bits per heavy atom. The number of benzene rings is 1. The molecule has 0 saturated carbocycles. The average Bonchev–Trinajstić information content (AvgIpc) is 3.19. The zero-order valence-corrected chi connectivity index (χ0v) is 19.0. The Hall–Kier alpha value is -2.04. The first-order valence-corrected chi connectivity index (χ1v) is 12.4. The van der Waals surface area contributed by atoms with E-state index < -0.39 is 28.6 Å². The molecule has 31 heavy (non-hydrogen) atoms. The second kappa shape index (κ2) is 10.1. The highest BCUT2D eigenvalue weighted by molar-refractivity contribution is 7.91. The summed E-state index contributed by atoms with van der Waals surface area (Å²) < 4.78 is 57.6. The van der Waals surface area contributed by atoms with Crippen LogP contribution in [0, 0.1) is 12.8 Å². The maximum absolute atomic E-state index is 13.0. The number of hydrogen-bond acceptors (Lipinski definition) is 5. The Balaban J connectivity index is 1.72. The minimum absolute atomic E-state index is 0.0190.